The summed E-state index contributed by atoms with van der Waals surface area (Å²) in [7, 11) is 0. The predicted molar refractivity (Wildman–Crippen MR) is 50.5 cm³/mol. The van der Waals surface area contributed by atoms with Gasteiger partial charge in [0, 0.05) is 6.20 Å². The number of nitrogens with zero attached hydrogens (tertiary/aromatic N) is 1. The summed E-state index contributed by atoms with van der Waals surface area (Å²) in [5.41, 5.74) is 6.11. The monoisotopic (exact) mass is 193 g/mol. The molecule has 1 aromatic heterocycles. The fourth-order valence-electron chi connectivity index (χ4n) is 0.860. The zero-order valence-corrected chi connectivity index (χ0v) is 7.78. The number of hydrogen-bond donors (Lipinski definition) is 2. The standard InChI is InChI=1S/C9H11N3O2/c1-6-2-3-7(11-4-6)9(14)12-5-8(10)13/h2-4H,5H2,1H3,(H2,10,13)(H,12,14). The Morgan fingerprint density at radius 1 is 1.50 bits per heavy atom. The maximum atomic E-state index is 11.3. The van der Waals surface area contributed by atoms with E-state index in [0.717, 1.165) is 5.56 Å². The van der Waals surface area contributed by atoms with Crippen LogP contribution in [-0.4, -0.2) is 23.3 Å². The molecule has 0 radical (unpaired) electrons. The Labute approximate surface area is 81.3 Å². The molecule has 0 unspecified atom stereocenters. The minimum Gasteiger partial charge on any atom is -0.368 e. The van der Waals surface area contributed by atoms with Crippen molar-refractivity contribution in [3.8, 4) is 0 Å². The van der Waals surface area contributed by atoms with Gasteiger partial charge < -0.3 is 11.1 Å². The Balaban J connectivity index is 2.61. The van der Waals surface area contributed by atoms with Crippen LogP contribution in [0.4, 0.5) is 0 Å². The minimum atomic E-state index is -0.578. The number of nitrogens with one attached hydrogen (secondary N) is 1. The van der Waals surface area contributed by atoms with E-state index in [1.165, 1.54) is 0 Å². The van der Waals surface area contributed by atoms with Crippen LogP contribution >= 0.6 is 0 Å². The highest BCUT2D eigenvalue weighted by Gasteiger charge is 2.06. The highest BCUT2D eigenvalue weighted by Crippen LogP contribution is 1.97. The fourth-order valence-corrected chi connectivity index (χ4v) is 0.860. The van der Waals surface area contributed by atoms with Crippen LogP contribution in [0.1, 0.15) is 16.1 Å². The molecule has 0 aliphatic carbocycles. The molecule has 1 rings (SSSR count). The summed E-state index contributed by atoms with van der Waals surface area (Å²) in [4.78, 5) is 25.5. The van der Waals surface area contributed by atoms with E-state index < -0.39 is 11.8 Å². The van der Waals surface area contributed by atoms with Crippen molar-refractivity contribution < 1.29 is 9.59 Å². The van der Waals surface area contributed by atoms with E-state index in [2.05, 4.69) is 10.3 Å². The summed E-state index contributed by atoms with van der Waals surface area (Å²) in [6, 6.07) is 3.36. The molecule has 5 heteroatoms. The maximum absolute atomic E-state index is 11.3. The molecule has 1 heterocycles. The topological polar surface area (TPSA) is 85.1 Å². The van der Waals surface area contributed by atoms with Crippen LogP contribution in [0.3, 0.4) is 0 Å². The number of carbonyl (C=O) groups excluding carboxylic acids is 2. The lowest BCUT2D eigenvalue weighted by molar-refractivity contribution is -0.117. The lowest BCUT2D eigenvalue weighted by Gasteiger charge is -2.01. The summed E-state index contributed by atoms with van der Waals surface area (Å²) in [6.45, 7) is 1.70. The summed E-state index contributed by atoms with van der Waals surface area (Å²) >= 11 is 0. The Bertz CT molecular complexity index is 346. The molecule has 14 heavy (non-hydrogen) atoms. The van der Waals surface area contributed by atoms with Crippen LogP contribution in [0, 0.1) is 6.92 Å². The van der Waals surface area contributed by atoms with Crippen LogP contribution in [-0.2, 0) is 4.79 Å². The van der Waals surface area contributed by atoms with Crippen LogP contribution in [0.25, 0.3) is 0 Å². The van der Waals surface area contributed by atoms with Gasteiger partial charge in [-0.15, -0.1) is 0 Å². The largest absolute Gasteiger partial charge is 0.368 e. The Hall–Kier alpha value is -1.91. The van der Waals surface area contributed by atoms with Gasteiger partial charge in [0.05, 0.1) is 6.54 Å². The fraction of sp³-hybridized carbons (Fsp3) is 0.222. The van der Waals surface area contributed by atoms with Crippen molar-refractivity contribution in [1.29, 1.82) is 0 Å². The van der Waals surface area contributed by atoms with Gasteiger partial charge in [-0.3, -0.25) is 14.6 Å². The van der Waals surface area contributed by atoms with Crippen LogP contribution in [0.15, 0.2) is 18.3 Å². The van der Waals surface area contributed by atoms with E-state index >= 15 is 0 Å². The van der Waals surface area contributed by atoms with Crippen molar-refractivity contribution in [2.45, 2.75) is 6.92 Å². The summed E-state index contributed by atoms with van der Waals surface area (Å²) in [5.74, 6) is -0.978. The third kappa shape index (κ3) is 2.85. The third-order valence-corrected chi connectivity index (χ3v) is 1.57. The highest BCUT2D eigenvalue weighted by atomic mass is 16.2. The number of nitrogens with two attached hydrogens (primary N) is 1. The molecular formula is C9H11N3O2. The van der Waals surface area contributed by atoms with Gasteiger partial charge in [0.1, 0.15) is 5.69 Å². The summed E-state index contributed by atoms with van der Waals surface area (Å²) < 4.78 is 0. The second-order valence-corrected chi connectivity index (χ2v) is 2.87. The van der Waals surface area contributed by atoms with E-state index in [4.69, 9.17) is 5.73 Å². The first-order chi connectivity index (χ1) is 6.59. The van der Waals surface area contributed by atoms with Crippen LogP contribution in [0.2, 0.25) is 0 Å². The molecule has 2 amide bonds. The van der Waals surface area contributed by atoms with Gasteiger partial charge >= 0.3 is 0 Å². The Morgan fingerprint density at radius 3 is 2.71 bits per heavy atom. The van der Waals surface area contributed by atoms with Gasteiger partial charge in [-0.25, -0.2) is 0 Å². The molecule has 0 bridgehead atoms. The van der Waals surface area contributed by atoms with Crippen molar-refractivity contribution in [1.82, 2.24) is 10.3 Å². The second-order valence-electron chi connectivity index (χ2n) is 2.87. The first-order valence-electron chi connectivity index (χ1n) is 4.09. The molecule has 0 saturated heterocycles. The predicted octanol–water partition coefficient (Wildman–Crippen LogP) is -0.395. The van der Waals surface area contributed by atoms with Gasteiger partial charge in [0.25, 0.3) is 5.91 Å². The van der Waals surface area contributed by atoms with Gasteiger partial charge in [0.2, 0.25) is 5.91 Å². The van der Waals surface area contributed by atoms with Gasteiger partial charge in [-0.2, -0.15) is 0 Å². The highest BCUT2D eigenvalue weighted by molar-refractivity contribution is 5.94. The van der Waals surface area contributed by atoms with E-state index in [9.17, 15) is 9.59 Å². The van der Waals surface area contributed by atoms with Crippen molar-refractivity contribution in [2.24, 2.45) is 5.73 Å². The molecule has 5 nitrogen and oxygen atoms in total. The number of rotatable bonds is 3. The lowest BCUT2D eigenvalue weighted by Crippen LogP contribution is -2.33. The van der Waals surface area contributed by atoms with E-state index in [0.29, 0.717) is 0 Å². The van der Waals surface area contributed by atoms with E-state index in [1.807, 2.05) is 6.92 Å². The molecule has 0 spiro atoms. The quantitative estimate of drug-likeness (QED) is 0.685. The average molecular weight is 193 g/mol. The Kier molecular flexibility index (Phi) is 3.17. The van der Waals surface area contributed by atoms with E-state index in [-0.39, 0.29) is 12.2 Å². The summed E-state index contributed by atoms with van der Waals surface area (Å²) in [6.07, 6.45) is 1.58. The lowest BCUT2D eigenvalue weighted by atomic mass is 10.2. The molecule has 0 fully saturated rings. The number of pyridine rings is 1. The van der Waals surface area contributed by atoms with Crippen molar-refractivity contribution in [3.63, 3.8) is 0 Å². The maximum Gasteiger partial charge on any atom is 0.270 e. The normalized spacial score (nSPS) is 9.50. The molecule has 3 N–H and O–H groups in total. The molecule has 0 aromatic carbocycles. The molecular weight excluding hydrogens is 182 g/mol. The van der Waals surface area contributed by atoms with Crippen molar-refractivity contribution in [3.05, 3.63) is 29.6 Å². The molecule has 74 valence electrons. The van der Waals surface area contributed by atoms with Crippen LogP contribution < -0.4 is 11.1 Å². The van der Waals surface area contributed by atoms with Crippen LogP contribution in [0.5, 0.6) is 0 Å². The number of aryl methyl sites for hydroxylation is 1. The zero-order chi connectivity index (χ0) is 10.6. The number of hydrogen-bond acceptors (Lipinski definition) is 3. The summed E-state index contributed by atoms with van der Waals surface area (Å²) in [5, 5.41) is 2.34. The van der Waals surface area contributed by atoms with Gasteiger partial charge in [-0.1, -0.05) is 6.07 Å². The second kappa shape index (κ2) is 4.36. The first-order valence-corrected chi connectivity index (χ1v) is 4.09. The van der Waals surface area contributed by atoms with Crippen molar-refractivity contribution in [2.75, 3.05) is 6.54 Å². The molecule has 0 atom stereocenters. The van der Waals surface area contributed by atoms with Gasteiger partial charge in [-0.05, 0) is 18.6 Å². The SMILES string of the molecule is Cc1ccc(C(=O)NCC(N)=O)nc1. The van der Waals surface area contributed by atoms with Crippen molar-refractivity contribution >= 4 is 11.8 Å². The van der Waals surface area contributed by atoms with E-state index in [1.54, 1.807) is 18.3 Å². The molecule has 0 aliphatic heterocycles. The minimum absolute atomic E-state index is 0.172. The number of amides is 2. The molecule has 0 saturated carbocycles. The smallest absolute Gasteiger partial charge is 0.270 e. The molecule has 1 aromatic rings. The molecule has 0 aliphatic rings. The number of primary amides is 1. The van der Waals surface area contributed by atoms with Gasteiger partial charge in [0.15, 0.2) is 0 Å². The average Bonchev–Trinajstić information content (AvgIpc) is 2.15. The number of carbonyl (C=O) groups is 2. The number of aromatic nitrogens is 1. The Morgan fingerprint density at radius 2 is 2.21 bits per heavy atom. The zero-order valence-electron chi connectivity index (χ0n) is 7.78. The third-order valence-electron chi connectivity index (χ3n) is 1.57. The first kappa shape index (κ1) is 10.2.